The molecule has 0 fully saturated rings. The van der Waals surface area contributed by atoms with E-state index < -0.39 is 61.6 Å². The Balaban J connectivity index is 3.10. The number of nitrogens with two attached hydrogens (primary N) is 1. The Labute approximate surface area is 134 Å². The maximum absolute atomic E-state index is 11.6. The third-order valence-corrected chi connectivity index (χ3v) is 3.44. The summed E-state index contributed by atoms with van der Waals surface area (Å²) in [4.78, 5) is 30.8. The Bertz CT molecular complexity index is 792. The highest BCUT2D eigenvalue weighted by Gasteiger charge is 2.25. The summed E-state index contributed by atoms with van der Waals surface area (Å²) in [7, 11) is -4.86. The Kier molecular flexibility index (Phi) is 5.62. The molecule has 0 aromatic heterocycles. The number of phenolic OH excluding ortho intramolecular Hbond substituents is 1. The van der Waals surface area contributed by atoms with Gasteiger partial charge >= 0.3 is 17.7 Å². The van der Waals surface area contributed by atoms with Crippen LogP contribution < -0.4 is 16.4 Å². The lowest BCUT2D eigenvalue weighted by Crippen LogP contribution is -2.43. The number of carbonyl (C=O) groups is 2. The van der Waals surface area contributed by atoms with Crippen molar-refractivity contribution in [2.24, 2.45) is 5.73 Å². The molecule has 1 rings (SSSR count). The van der Waals surface area contributed by atoms with Crippen LogP contribution in [-0.2, 0) is 14.9 Å². The van der Waals surface area contributed by atoms with Crippen molar-refractivity contribution in [3.63, 3.8) is 0 Å². The summed E-state index contributed by atoms with van der Waals surface area (Å²) in [5, 5.41) is 32.9. The van der Waals surface area contributed by atoms with Gasteiger partial charge in [0.2, 0.25) is 5.75 Å². The van der Waals surface area contributed by atoms with Crippen LogP contribution in [0.4, 0.5) is 16.2 Å². The van der Waals surface area contributed by atoms with Gasteiger partial charge in [-0.1, -0.05) is 0 Å². The standard InChI is InChI=1S/C10H12N4O9S/c11-5(9(16)17)3-12-10(18)13-6-1-4(24(21,22)23)2-7(8(6)15)14(19)20/h1-2,5,15H,3,11H2,(H,16,17)(H2,12,13,18)(H,21,22,23). The lowest BCUT2D eigenvalue weighted by Gasteiger charge is -2.11. The molecule has 1 aromatic rings. The summed E-state index contributed by atoms with van der Waals surface area (Å²) in [6.07, 6.45) is 0. The first-order chi connectivity index (χ1) is 10.9. The highest BCUT2D eigenvalue weighted by Crippen LogP contribution is 2.36. The minimum Gasteiger partial charge on any atom is -0.501 e. The molecule has 0 saturated carbocycles. The number of rotatable bonds is 6. The summed E-state index contributed by atoms with van der Waals surface area (Å²) >= 11 is 0. The maximum Gasteiger partial charge on any atom is 0.322 e. The summed E-state index contributed by atoms with van der Waals surface area (Å²) in [5.41, 5.74) is 3.36. The molecule has 13 nitrogen and oxygen atoms in total. The minimum atomic E-state index is -4.86. The molecule has 0 heterocycles. The zero-order valence-corrected chi connectivity index (χ0v) is 12.5. The Morgan fingerprint density at radius 2 is 1.96 bits per heavy atom. The number of carbonyl (C=O) groups excluding carboxylic acids is 1. The second kappa shape index (κ2) is 7.07. The van der Waals surface area contributed by atoms with Crippen LogP contribution in [0.2, 0.25) is 0 Å². The molecule has 14 heteroatoms. The number of phenols is 1. The fraction of sp³-hybridized carbons (Fsp3) is 0.200. The molecule has 0 aliphatic carbocycles. The van der Waals surface area contributed by atoms with E-state index >= 15 is 0 Å². The number of aromatic hydroxyl groups is 1. The van der Waals surface area contributed by atoms with Crippen LogP contribution in [0.15, 0.2) is 17.0 Å². The molecule has 0 aliphatic heterocycles. The molecule has 2 amide bonds. The molecule has 1 aromatic carbocycles. The van der Waals surface area contributed by atoms with E-state index in [1.54, 1.807) is 0 Å². The van der Waals surface area contributed by atoms with Crippen molar-refractivity contribution in [1.29, 1.82) is 0 Å². The van der Waals surface area contributed by atoms with E-state index in [0.29, 0.717) is 12.1 Å². The number of amides is 2. The van der Waals surface area contributed by atoms with Crippen molar-refractivity contribution in [2.45, 2.75) is 10.9 Å². The molecule has 132 valence electrons. The quantitative estimate of drug-likeness (QED) is 0.157. The number of carboxylic acid groups (broad SMARTS) is 1. The highest BCUT2D eigenvalue weighted by atomic mass is 32.2. The van der Waals surface area contributed by atoms with Gasteiger partial charge in [0.1, 0.15) is 10.9 Å². The number of nitro benzene ring substituents is 1. The van der Waals surface area contributed by atoms with E-state index in [0.717, 1.165) is 0 Å². The second-order valence-electron chi connectivity index (χ2n) is 4.35. The van der Waals surface area contributed by atoms with Crippen molar-refractivity contribution < 1.29 is 37.7 Å². The van der Waals surface area contributed by atoms with Crippen LogP contribution in [0.25, 0.3) is 0 Å². The Morgan fingerprint density at radius 1 is 1.38 bits per heavy atom. The molecule has 0 saturated heterocycles. The monoisotopic (exact) mass is 364 g/mol. The van der Waals surface area contributed by atoms with Gasteiger partial charge in [-0.15, -0.1) is 0 Å². The lowest BCUT2D eigenvalue weighted by molar-refractivity contribution is -0.386. The molecular formula is C10H12N4O9S. The van der Waals surface area contributed by atoms with Gasteiger partial charge < -0.3 is 26.6 Å². The summed E-state index contributed by atoms with van der Waals surface area (Å²) < 4.78 is 31.1. The summed E-state index contributed by atoms with van der Waals surface area (Å²) in [6, 6.07) is -1.57. The van der Waals surface area contributed by atoms with Gasteiger partial charge in [0.05, 0.1) is 10.6 Å². The predicted molar refractivity (Wildman–Crippen MR) is 77.2 cm³/mol. The number of urea groups is 1. The number of nitro groups is 1. The van der Waals surface area contributed by atoms with E-state index in [1.165, 1.54) is 0 Å². The summed E-state index contributed by atoms with van der Waals surface area (Å²) in [6.45, 7) is -0.512. The lowest BCUT2D eigenvalue weighted by atomic mass is 10.2. The number of anilines is 1. The highest BCUT2D eigenvalue weighted by molar-refractivity contribution is 7.85. The van der Waals surface area contributed by atoms with Crippen molar-refractivity contribution in [3.05, 3.63) is 22.2 Å². The fourth-order valence-corrected chi connectivity index (χ4v) is 1.96. The van der Waals surface area contributed by atoms with Gasteiger partial charge in [-0.3, -0.25) is 19.5 Å². The van der Waals surface area contributed by atoms with Gasteiger partial charge in [0.15, 0.2) is 0 Å². The first-order valence-corrected chi connectivity index (χ1v) is 7.39. The third kappa shape index (κ3) is 4.77. The molecule has 0 bridgehead atoms. The number of aliphatic carboxylic acids is 1. The van der Waals surface area contributed by atoms with Gasteiger partial charge in [-0.05, 0) is 6.07 Å². The number of nitrogens with zero attached hydrogens (tertiary/aromatic N) is 1. The summed E-state index contributed by atoms with van der Waals surface area (Å²) in [5.74, 6) is -2.47. The van der Waals surface area contributed by atoms with Crippen LogP contribution in [0.5, 0.6) is 5.75 Å². The topological polar surface area (TPSA) is 222 Å². The van der Waals surface area contributed by atoms with E-state index in [9.17, 15) is 33.2 Å². The third-order valence-electron chi connectivity index (χ3n) is 2.61. The second-order valence-corrected chi connectivity index (χ2v) is 5.77. The largest absolute Gasteiger partial charge is 0.501 e. The maximum atomic E-state index is 11.6. The first-order valence-electron chi connectivity index (χ1n) is 5.95. The first kappa shape index (κ1) is 19.1. The van der Waals surface area contributed by atoms with Gasteiger partial charge in [0.25, 0.3) is 10.1 Å². The van der Waals surface area contributed by atoms with Crippen molar-refractivity contribution in [1.82, 2.24) is 5.32 Å². The van der Waals surface area contributed by atoms with Gasteiger partial charge in [0, 0.05) is 12.6 Å². The van der Waals surface area contributed by atoms with Gasteiger partial charge in [-0.2, -0.15) is 8.42 Å². The molecule has 0 spiro atoms. The number of hydrogen-bond acceptors (Lipinski definition) is 8. The SMILES string of the molecule is NC(CNC(=O)Nc1cc(S(=O)(=O)O)cc([N+](=O)[O-])c1O)C(=O)O. The van der Waals surface area contributed by atoms with Crippen LogP contribution in [0, 0.1) is 10.1 Å². The van der Waals surface area contributed by atoms with E-state index in [2.05, 4.69) is 0 Å². The van der Waals surface area contributed by atoms with E-state index in [1.807, 2.05) is 10.6 Å². The fourth-order valence-electron chi connectivity index (χ4n) is 1.43. The Morgan fingerprint density at radius 3 is 2.42 bits per heavy atom. The molecular weight excluding hydrogens is 352 g/mol. The minimum absolute atomic E-state index is 0.397. The average molecular weight is 364 g/mol. The number of nitrogens with one attached hydrogen (secondary N) is 2. The van der Waals surface area contributed by atoms with Crippen LogP contribution in [0.3, 0.4) is 0 Å². The van der Waals surface area contributed by atoms with E-state index in [4.69, 9.17) is 15.4 Å². The van der Waals surface area contributed by atoms with Crippen molar-refractivity contribution >= 4 is 33.5 Å². The van der Waals surface area contributed by atoms with Gasteiger partial charge in [-0.25, -0.2) is 4.79 Å². The zero-order valence-electron chi connectivity index (χ0n) is 11.7. The number of benzene rings is 1. The zero-order chi connectivity index (χ0) is 18.7. The average Bonchev–Trinajstić information content (AvgIpc) is 2.45. The molecule has 1 atom stereocenters. The molecule has 0 radical (unpaired) electrons. The smallest absolute Gasteiger partial charge is 0.322 e. The molecule has 24 heavy (non-hydrogen) atoms. The van der Waals surface area contributed by atoms with Crippen LogP contribution in [-0.4, -0.2) is 52.7 Å². The normalized spacial score (nSPS) is 12.2. The van der Waals surface area contributed by atoms with E-state index in [-0.39, 0.29) is 0 Å². The van der Waals surface area contributed by atoms with Crippen molar-refractivity contribution in [2.75, 3.05) is 11.9 Å². The predicted octanol–water partition coefficient (Wildman–Crippen LogP) is -0.919. The Hall–Kier alpha value is -2.97. The molecule has 1 unspecified atom stereocenters. The number of hydrogen-bond donors (Lipinski definition) is 6. The van der Waals surface area contributed by atoms with Crippen LogP contribution >= 0.6 is 0 Å². The molecule has 0 aliphatic rings. The van der Waals surface area contributed by atoms with Crippen LogP contribution in [0.1, 0.15) is 0 Å². The van der Waals surface area contributed by atoms with Crippen molar-refractivity contribution in [3.8, 4) is 5.75 Å². The number of carboxylic acids is 1. The molecule has 7 N–H and O–H groups in total.